The molecule has 0 fully saturated rings. The lowest BCUT2D eigenvalue weighted by molar-refractivity contribution is -0.923. The Kier molecular flexibility index (Phi) is 11.4. The van der Waals surface area contributed by atoms with Gasteiger partial charge in [0.05, 0.1) is 43.6 Å². The molecule has 0 saturated carbocycles. The van der Waals surface area contributed by atoms with Gasteiger partial charge in [-0.05, 0) is 36.8 Å². The second kappa shape index (κ2) is 12.7. The highest BCUT2D eigenvalue weighted by Gasteiger charge is 2.35. The molecular formula is C21H27Cl2IN4O4S. The second-order valence-corrected chi connectivity index (χ2v) is 9.23. The summed E-state index contributed by atoms with van der Waals surface area (Å²) in [6.45, 7) is 4.21. The third-order valence-corrected chi connectivity index (χ3v) is 6.64. The van der Waals surface area contributed by atoms with Gasteiger partial charge >= 0.3 is 12.0 Å². The smallest absolute Gasteiger partial charge is 0.324 e. The van der Waals surface area contributed by atoms with Gasteiger partial charge in [0.2, 0.25) is 0 Å². The maximum Gasteiger partial charge on any atom is 0.324 e. The molecule has 33 heavy (non-hydrogen) atoms. The Hall–Kier alpha value is -1.60. The van der Waals surface area contributed by atoms with Crippen LogP contribution in [-0.4, -0.2) is 49.1 Å². The van der Waals surface area contributed by atoms with Crippen LogP contribution in [-0.2, 0) is 22.5 Å². The van der Waals surface area contributed by atoms with Gasteiger partial charge in [-0.15, -0.1) is 23.7 Å². The number of benzene rings is 1. The summed E-state index contributed by atoms with van der Waals surface area (Å²) in [5.74, 6) is -0.778. The van der Waals surface area contributed by atoms with Crippen molar-refractivity contribution >= 4 is 63.9 Å². The van der Waals surface area contributed by atoms with Crippen molar-refractivity contribution in [2.75, 3.05) is 37.4 Å². The van der Waals surface area contributed by atoms with Crippen molar-refractivity contribution in [2.45, 2.75) is 26.3 Å². The number of esters is 1. The van der Waals surface area contributed by atoms with E-state index in [2.05, 4.69) is 17.7 Å². The average Bonchev–Trinajstić information content (AvgIpc) is 3.05. The van der Waals surface area contributed by atoms with Crippen LogP contribution in [0.3, 0.4) is 0 Å². The number of amides is 3. The fraction of sp³-hybridized carbons (Fsp3) is 0.381. The number of primary amides is 1. The first kappa shape index (κ1) is 29.4. The molecule has 2 aromatic rings. The largest absolute Gasteiger partial charge is 1.00 e. The maximum absolute atomic E-state index is 12.5. The third kappa shape index (κ3) is 7.71. The van der Waals surface area contributed by atoms with Crippen molar-refractivity contribution < 1.29 is 47.6 Å². The molecule has 1 aliphatic rings. The topological polar surface area (TPSA) is 111 Å². The number of rotatable bonds is 7. The van der Waals surface area contributed by atoms with E-state index in [9.17, 15) is 14.4 Å². The number of fused-ring (bicyclic) bond motifs is 1. The van der Waals surface area contributed by atoms with Gasteiger partial charge in [0.15, 0.2) is 0 Å². The highest BCUT2D eigenvalue weighted by Crippen LogP contribution is 2.38. The van der Waals surface area contributed by atoms with Crippen molar-refractivity contribution in [3.63, 3.8) is 0 Å². The number of ether oxygens (including phenoxy) is 1. The third-order valence-electron chi connectivity index (χ3n) is 5.25. The standard InChI is InChI=1S/C21H25ClN4O4S.ClH.HI/c1-3-30-17(27)9-11-26(2)10-8-15-16(12-26)31-20(18(15)19(23)28)25-21(29)24-14-6-4-13(22)5-7-14;;/h4-7H,3,8-12H2,1-2H3,(H3-,23,24,25,28,29);2*1H. The number of carbonyl (C=O) groups is 3. The predicted octanol–water partition coefficient (Wildman–Crippen LogP) is 1.03. The fourth-order valence-electron chi connectivity index (χ4n) is 3.64. The number of nitrogens with one attached hydrogen (secondary N) is 2. The summed E-state index contributed by atoms with van der Waals surface area (Å²) in [5.41, 5.74) is 7.46. The van der Waals surface area contributed by atoms with Crippen molar-refractivity contribution in [1.29, 1.82) is 0 Å². The minimum atomic E-state index is -0.568. The molecule has 1 aliphatic heterocycles. The summed E-state index contributed by atoms with van der Waals surface area (Å²) in [7, 11) is 2.08. The molecule has 3 amide bonds. The number of nitrogens with zero attached hydrogens (tertiary/aromatic N) is 1. The van der Waals surface area contributed by atoms with Gasteiger partial charge in [0.1, 0.15) is 11.5 Å². The van der Waals surface area contributed by atoms with Crippen molar-refractivity contribution in [3.8, 4) is 0 Å². The van der Waals surface area contributed by atoms with E-state index in [1.165, 1.54) is 11.3 Å². The molecule has 1 unspecified atom stereocenters. The molecule has 0 bridgehead atoms. The molecule has 8 nitrogen and oxygen atoms in total. The number of nitrogens with two attached hydrogens (primary N) is 1. The van der Waals surface area contributed by atoms with Crippen LogP contribution in [0.5, 0.6) is 0 Å². The Labute approximate surface area is 225 Å². The number of urea groups is 1. The summed E-state index contributed by atoms with van der Waals surface area (Å²) in [4.78, 5) is 37.4. The van der Waals surface area contributed by atoms with Crippen LogP contribution in [0.2, 0.25) is 5.02 Å². The Morgan fingerprint density at radius 2 is 1.88 bits per heavy atom. The molecule has 0 aliphatic carbocycles. The lowest BCUT2D eigenvalue weighted by Gasteiger charge is -2.37. The molecular weight excluding hydrogens is 602 g/mol. The lowest BCUT2D eigenvalue weighted by atomic mass is 10.0. The first-order chi connectivity index (χ1) is 14.7. The first-order valence-corrected chi connectivity index (χ1v) is 11.2. The number of carbonyl (C=O) groups excluding carboxylic acids is 3. The molecule has 0 radical (unpaired) electrons. The molecule has 1 aromatic carbocycles. The zero-order chi connectivity index (χ0) is 22.6. The molecule has 1 aromatic heterocycles. The van der Waals surface area contributed by atoms with Crippen LogP contribution in [0.15, 0.2) is 24.3 Å². The fourth-order valence-corrected chi connectivity index (χ4v) is 5.19. The number of halogens is 3. The second-order valence-electron chi connectivity index (χ2n) is 7.69. The van der Waals surface area contributed by atoms with Gasteiger partial charge in [-0.2, -0.15) is 0 Å². The van der Waals surface area contributed by atoms with Gasteiger partial charge in [-0.3, -0.25) is 14.9 Å². The van der Waals surface area contributed by atoms with Gasteiger partial charge < -0.3 is 44.2 Å². The van der Waals surface area contributed by atoms with Gasteiger partial charge in [0.25, 0.3) is 5.91 Å². The first-order valence-electron chi connectivity index (χ1n) is 9.98. The van der Waals surface area contributed by atoms with E-state index in [1.54, 1.807) is 31.2 Å². The maximum atomic E-state index is 12.5. The van der Waals surface area contributed by atoms with Crippen LogP contribution in [0.1, 0.15) is 34.1 Å². The van der Waals surface area contributed by atoms with E-state index < -0.39 is 11.9 Å². The molecule has 3 rings (SSSR count). The van der Waals surface area contributed by atoms with Crippen molar-refractivity contribution in [2.24, 2.45) is 5.73 Å². The number of hydrogen-bond acceptors (Lipinski definition) is 5. The molecule has 12 heteroatoms. The predicted molar refractivity (Wildman–Crippen MR) is 129 cm³/mol. The van der Waals surface area contributed by atoms with Crippen molar-refractivity contribution in [1.82, 2.24) is 0 Å². The Morgan fingerprint density at radius 1 is 1.21 bits per heavy atom. The highest BCUT2D eigenvalue weighted by molar-refractivity contribution is 7.17. The minimum absolute atomic E-state index is 0. The molecule has 0 saturated heterocycles. The van der Waals surface area contributed by atoms with Crippen LogP contribution < -0.4 is 40.3 Å². The highest BCUT2D eigenvalue weighted by atomic mass is 127. The molecule has 0 spiro atoms. The normalized spacial score (nSPS) is 16.5. The quantitative estimate of drug-likeness (QED) is 0.242. The zero-order valence-corrected chi connectivity index (χ0v) is 22.8. The Balaban J connectivity index is 0.00000272. The van der Waals surface area contributed by atoms with E-state index in [4.69, 9.17) is 22.1 Å². The number of thiophene rings is 1. The van der Waals surface area contributed by atoms with Crippen LogP contribution in [0, 0.1) is 0 Å². The minimum Gasteiger partial charge on any atom is -1.00 e. The summed E-state index contributed by atoms with van der Waals surface area (Å²) in [6.07, 6.45) is 0.978. The Morgan fingerprint density at radius 3 is 2.48 bits per heavy atom. The van der Waals surface area contributed by atoms with Crippen LogP contribution in [0.25, 0.3) is 0 Å². The van der Waals surface area contributed by atoms with Crippen LogP contribution >= 0.6 is 35.3 Å². The van der Waals surface area contributed by atoms with E-state index in [0.29, 0.717) is 58.3 Å². The van der Waals surface area contributed by atoms with E-state index in [1.807, 2.05) is 0 Å². The van der Waals surface area contributed by atoms with Gasteiger partial charge in [-0.1, -0.05) is 11.6 Å². The summed E-state index contributed by atoms with van der Waals surface area (Å²) in [5, 5.41) is 6.48. The molecule has 1 atom stereocenters. The number of anilines is 2. The monoisotopic (exact) mass is 628 g/mol. The SMILES string of the molecule is CCOC(=O)CC[N+]1(C)CCc2c(sc(NC(=O)Nc3ccc(Cl)cc3)c2C(N)=O)C1.Cl.[I-]. The molecule has 2 heterocycles. The summed E-state index contributed by atoms with van der Waals surface area (Å²) < 4.78 is 5.69. The number of quaternary nitrogens is 1. The van der Waals surface area contributed by atoms with Crippen molar-refractivity contribution in [3.05, 3.63) is 45.3 Å². The molecule has 4 N–H and O–H groups in total. The van der Waals surface area contributed by atoms with Crippen LogP contribution in [0.4, 0.5) is 15.5 Å². The summed E-state index contributed by atoms with van der Waals surface area (Å²) in [6, 6.07) is 6.24. The van der Waals surface area contributed by atoms with E-state index >= 15 is 0 Å². The zero-order valence-electron chi connectivity index (χ0n) is 18.3. The number of likely N-dealkylation sites (N-methyl/N-ethyl adjacent to an activating group) is 1. The van der Waals surface area contributed by atoms with E-state index in [-0.39, 0.29) is 42.4 Å². The van der Waals surface area contributed by atoms with E-state index in [0.717, 1.165) is 17.0 Å². The van der Waals surface area contributed by atoms with Gasteiger partial charge in [0, 0.05) is 17.1 Å². The Bertz CT molecular complexity index is 1000. The van der Waals surface area contributed by atoms with Gasteiger partial charge in [-0.25, -0.2) is 4.79 Å². The molecule has 182 valence electrons. The average molecular weight is 629 g/mol. The lowest BCUT2D eigenvalue weighted by Crippen LogP contribution is -3.00. The summed E-state index contributed by atoms with van der Waals surface area (Å²) >= 11 is 7.22. The number of hydrogen-bond donors (Lipinski definition) is 3.